The highest BCUT2D eigenvalue weighted by atomic mass is 32.2. The van der Waals surface area contributed by atoms with Crippen molar-refractivity contribution in [1.82, 2.24) is 0 Å². The lowest BCUT2D eigenvalue weighted by molar-refractivity contribution is 0.215. The van der Waals surface area contributed by atoms with Crippen molar-refractivity contribution in [3.05, 3.63) is 109 Å². The zero-order chi connectivity index (χ0) is 37.4. The van der Waals surface area contributed by atoms with Gasteiger partial charge in [0, 0.05) is 13.7 Å². The highest BCUT2D eigenvalue weighted by Gasteiger charge is 2.13. The molecule has 0 saturated carbocycles. The quantitative estimate of drug-likeness (QED) is 0.132. The predicted octanol–water partition coefficient (Wildman–Crippen LogP) is 15.2. The zero-order valence-corrected chi connectivity index (χ0v) is 35.0. The molecule has 1 unspecified atom stereocenters. The highest BCUT2D eigenvalue weighted by Crippen LogP contribution is 2.04. The van der Waals surface area contributed by atoms with E-state index in [2.05, 4.69) is 117 Å². The maximum Gasteiger partial charge on any atom is 0.0781 e. The van der Waals surface area contributed by atoms with Gasteiger partial charge in [-0.3, -0.25) is 0 Å². The molecule has 1 saturated heterocycles. The van der Waals surface area contributed by atoms with Crippen LogP contribution in [0.15, 0.2) is 109 Å². The molecule has 0 aliphatic carbocycles. The van der Waals surface area contributed by atoms with Crippen LogP contribution in [0.2, 0.25) is 0 Å². The molecular weight excluding hydrogens is 581 g/mol. The summed E-state index contributed by atoms with van der Waals surface area (Å²) < 4.78 is 9.25. The maximum absolute atomic E-state index is 4.71. The second-order valence-electron chi connectivity index (χ2n) is 8.45. The van der Waals surface area contributed by atoms with Gasteiger partial charge in [0.05, 0.1) is 12.7 Å². The Kier molecular flexibility index (Phi) is 123. The Labute approximate surface area is 297 Å². The van der Waals surface area contributed by atoms with E-state index in [0.29, 0.717) is 6.10 Å². The van der Waals surface area contributed by atoms with Crippen LogP contribution in [0.3, 0.4) is 0 Å². The molecule has 1 atom stereocenters. The number of ether oxygens (including phenoxy) is 2. The van der Waals surface area contributed by atoms with Crippen molar-refractivity contribution in [3.8, 4) is 0 Å². The van der Waals surface area contributed by atoms with Crippen molar-refractivity contribution in [3.63, 3.8) is 0 Å². The Hall–Kier alpha value is -2.07. The van der Waals surface area contributed by atoms with Crippen molar-refractivity contribution in [2.75, 3.05) is 32.3 Å². The molecule has 1 rings (SSSR count). The van der Waals surface area contributed by atoms with Crippen molar-refractivity contribution in [1.29, 1.82) is 0 Å². The van der Waals surface area contributed by atoms with E-state index in [4.69, 9.17) is 4.74 Å². The van der Waals surface area contributed by atoms with Crippen LogP contribution in [0.1, 0.15) is 130 Å². The third-order valence-corrected chi connectivity index (χ3v) is 4.85. The van der Waals surface area contributed by atoms with Gasteiger partial charge in [-0.2, -0.15) is 11.8 Å². The van der Waals surface area contributed by atoms with E-state index in [9.17, 15) is 0 Å². The van der Waals surface area contributed by atoms with Gasteiger partial charge in [-0.05, 0) is 114 Å². The van der Waals surface area contributed by atoms with Gasteiger partial charge in [0.15, 0.2) is 0 Å². The molecule has 0 amide bonds. The fraction of sp³-hybridized carbons (Fsp3) is 0.581. The normalized spacial score (nSPS) is 12.8. The third-order valence-electron chi connectivity index (χ3n) is 4.28. The first-order valence-electron chi connectivity index (χ1n) is 17.4. The first kappa shape index (κ1) is 62.7. The van der Waals surface area contributed by atoms with E-state index in [1.54, 1.807) is 7.11 Å². The number of methoxy groups -OCH3 is 1. The van der Waals surface area contributed by atoms with Gasteiger partial charge in [0.25, 0.3) is 0 Å². The van der Waals surface area contributed by atoms with E-state index >= 15 is 0 Å². The van der Waals surface area contributed by atoms with Crippen LogP contribution in [0.25, 0.3) is 0 Å². The molecule has 46 heavy (non-hydrogen) atoms. The molecule has 0 spiro atoms. The molecule has 1 heterocycles. The fourth-order valence-corrected chi connectivity index (χ4v) is 1.61. The number of hydrogen-bond donors (Lipinski definition) is 0. The van der Waals surface area contributed by atoms with E-state index in [-0.39, 0.29) is 0 Å². The first-order chi connectivity index (χ1) is 22.3. The minimum absolute atomic E-state index is 0.583. The van der Waals surface area contributed by atoms with Gasteiger partial charge in [-0.1, -0.05) is 137 Å². The summed E-state index contributed by atoms with van der Waals surface area (Å²) >= 11 is 1.86. The summed E-state index contributed by atoms with van der Waals surface area (Å²) in [5.74, 6) is 1.24. The molecule has 1 aliphatic rings. The standard InChI is InChI=1S/3C7H12.C6H10.C5H10.C3H6O.C3H8O.C3H8S.C2H6/c3*1-3-5-7-6-4-2;1-3-5-6-4-2;1-3-5-4-2;1-3-2-4-3;2*1-3-4-2;1-2/h3*3-6H,7H2,1-2H3;3-6H,1-2H3;3,5H,4H2,1-2H3;3H,2H2,1H3;2*3H2,1-2H3;1-2H3. The summed E-state index contributed by atoms with van der Waals surface area (Å²) in [7, 11) is 1.68. The molecule has 0 aromatic rings. The van der Waals surface area contributed by atoms with E-state index in [0.717, 1.165) is 38.9 Å². The smallest absolute Gasteiger partial charge is 0.0781 e. The SMILES string of the molecule is CC.CC1CO1.CC=CC=CC.CC=CCC.CC=CCC=CC.CC=CCC=CC.CC=CCC=CC.CCOC.CCSC. The predicted molar refractivity (Wildman–Crippen MR) is 226 cm³/mol. The summed E-state index contributed by atoms with van der Waals surface area (Å²) in [5, 5.41) is 0. The third kappa shape index (κ3) is 177. The molecule has 2 nitrogen and oxygen atoms in total. The van der Waals surface area contributed by atoms with Crippen LogP contribution in [-0.4, -0.2) is 38.4 Å². The van der Waals surface area contributed by atoms with Gasteiger partial charge in [-0.25, -0.2) is 0 Å². The van der Waals surface area contributed by atoms with Crippen LogP contribution in [-0.2, 0) is 9.47 Å². The Morgan fingerprint density at radius 1 is 0.565 bits per heavy atom. The lowest BCUT2D eigenvalue weighted by atomic mass is 10.3. The van der Waals surface area contributed by atoms with Gasteiger partial charge >= 0.3 is 0 Å². The van der Waals surface area contributed by atoms with Crippen LogP contribution >= 0.6 is 11.8 Å². The Bertz CT molecular complexity index is 558. The minimum atomic E-state index is 0.583. The lowest BCUT2D eigenvalue weighted by Gasteiger charge is -1.76. The first-order valence-corrected chi connectivity index (χ1v) is 18.8. The number of thioether (sulfide) groups is 1. The number of hydrogen-bond acceptors (Lipinski definition) is 3. The van der Waals surface area contributed by atoms with Crippen LogP contribution < -0.4 is 0 Å². The molecule has 0 bridgehead atoms. The molecule has 1 aliphatic heterocycles. The average Bonchev–Trinajstić information content (AvgIpc) is 3.89. The molecular formula is C43H84O2S. The zero-order valence-electron chi connectivity index (χ0n) is 34.1. The van der Waals surface area contributed by atoms with E-state index in [1.165, 1.54) is 5.75 Å². The topological polar surface area (TPSA) is 21.8 Å². The molecule has 0 aromatic carbocycles. The maximum atomic E-state index is 4.71. The number of allylic oxidation sites excluding steroid dienone is 18. The van der Waals surface area contributed by atoms with Gasteiger partial charge in [0.1, 0.15) is 0 Å². The largest absolute Gasteiger partial charge is 0.385 e. The second kappa shape index (κ2) is 90.2. The van der Waals surface area contributed by atoms with Gasteiger partial charge < -0.3 is 9.47 Å². The Balaban J connectivity index is -0.0000000598. The second-order valence-corrected chi connectivity index (χ2v) is 9.60. The van der Waals surface area contributed by atoms with Crippen molar-refractivity contribution in [2.45, 2.75) is 136 Å². The monoisotopic (exact) mass is 665 g/mol. The average molecular weight is 665 g/mol. The number of rotatable bonds is 10. The summed E-state index contributed by atoms with van der Waals surface area (Å²) in [6.45, 7) is 32.3. The van der Waals surface area contributed by atoms with Crippen LogP contribution in [0.4, 0.5) is 0 Å². The summed E-state index contributed by atoms with van der Waals surface area (Å²) in [6, 6.07) is 0. The molecule has 3 heteroatoms. The molecule has 0 radical (unpaired) electrons. The Morgan fingerprint density at radius 2 is 0.783 bits per heavy atom. The highest BCUT2D eigenvalue weighted by molar-refractivity contribution is 7.98. The van der Waals surface area contributed by atoms with Crippen molar-refractivity contribution >= 4 is 11.8 Å². The Morgan fingerprint density at radius 3 is 0.848 bits per heavy atom. The lowest BCUT2D eigenvalue weighted by Crippen LogP contribution is -1.73. The molecule has 0 aromatic heterocycles. The van der Waals surface area contributed by atoms with Crippen LogP contribution in [0.5, 0.6) is 0 Å². The van der Waals surface area contributed by atoms with Crippen molar-refractivity contribution < 1.29 is 9.47 Å². The van der Waals surface area contributed by atoms with Crippen molar-refractivity contribution in [2.24, 2.45) is 0 Å². The summed E-state index contributed by atoms with van der Waals surface area (Å²) in [6.07, 6.45) is 44.3. The molecule has 1 fully saturated rings. The fourth-order valence-electron chi connectivity index (χ4n) is 1.61. The molecule has 0 N–H and O–H groups in total. The minimum Gasteiger partial charge on any atom is -0.385 e. The summed E-state index contributed by atoms with van der Waals surface area (Å²) in [5.41, 5.74) is 0. The summed E-state index contributed by atoms with van der Waals surface area (Å²) in [4.78, 5) is 0. The number of epoxide rings is 1. The van der Waals surface area contributed by atoms with E-state index in [1.807, 2.05) is 119 Å². The van der Waals surface area contributed by atoms with Gasteiger partial charge in [0.2, 0.25) is 0 Å². The van der Waals surface area contributed by atoms with Gasteiger partial charge in [-0.15, -0.1) is 0 Å². The van der Waals surface area contributed by atoms with Crippen LogP contribution in [0, 0.1) is 0 Å². The molecule has 274 valence electrons. The van der Waals surface area contributed by atoms with E-state index < -0.39 is 0 Å².